The second kappa shape index (κ2) is 8.26. The van der Waals surface area contributed by atoms with Gasteiger partial charge in [0.05, 0.1) is 12.7 Å². The predicted molar refractivity (Wildman–Crippen MR) is 91.7 cm³/mol. The minimum absolute atomic E-state index is 0.123. The molecule has 0 radical (unpaired) electrons. The lowest BCUT2D eigenvalue weighted by molar-refractivity contribution is -0.117. The van der Waals surface area contributed by atoms with Gasteiger partial charge in [0.15, 0.2) is 11.6 Å². The number of hydrazine groups is 1. The minimum atomic E-state index is -0.549. The Hall–Kier alpha value is -2.67. The maximum atomic E-state index is 13.5. The smallest absolute Gasteiger partial charge is 0.270 e. The summed E-state index contributed by atoms with van der Waals surface area (Å²) in [7, 11) is 1.37. The molecule has 124 valence electrons. The Morgan fingerprint density at radius 3 is 2.58 bits per heavy atom. The molecule has 24 heavy (non-hydrogen) atoms. The molecule has 7 heteroatoms. The Morgan fingerprint density at radius 2 is 1.92 bits per heavy atom. The summed E-state index contributed by atoms with van der Waals surface area (Å²) in [6.07, 6.45) is 2.60. The molecule has 0 saturated carbocycles. The second-order valence-corrected chi connectivity index (χ2v) is 5.50. The van der Waals surface area contributed by atoms with Gasteiger partial charge in [-0.3, -0.25) is 20.4 Å². The van der Waals surface area contributed by atoms with Crippen LogP contribution in [0.4, 0.5) is 4.39 Å². The summed E-state index contributed by atoms with van der Waals surface area (Å²) in [4.78, 5) is 23.6. The van der Waals surface area contributed by atoms with Gasteiger partial charge >= 0.3 is 0 Å². The molecule has 0 aliphatic heterocycles. The first kappa shape index (κ1) is 17.7. The standard InChI is InChI=1S/C17H14BrFN2O3/c1-24-15-8-6-11(10-14(15)19)7-9-16(22)20-21-17(23)12-4-2-3-5-13(12)18/h2-10H,1H3,(H,20,22)(H,21,23)/b9-7+. The summed E-state index contributed by atoms with van der Waals surface area (Å²) in [5.41, 5.74) is 5.42. The maximum absolute atomic E-state index is 13.5. The largest absolute Gasteiger partial charge is 0.494 e. The summed E-state index contributed by atoms with van der Waals surface area (Å²) in [6.45, 7) is 0. The van der Waals surface area contributed by atoms with Crippen LogP contribution in [0.25, 0.3) is 6.08 Å². The molecular formula is C17H14BrFN2O3. The summed E-state index contributed by atoms with van der Waals surface area (Å²) in [5, 5.41) is 0. The molecule has 2 aromatic carbocycles. The van der Waals surface area contributed by atoms with Crippen molar-refractivity contribution in [3.05, 3.63) is 70.0 Å². The van der Waals surface area contributed by atoms with Gasteiger partial charge in [-0.15, -0.1) is 0 Å². The van der Waals surface area contributed by atoms with Crippen LogP contribution in [0.3, 0.4) is 0 Å². The summed E-state index contributed by atoms with van der Waals surface area (Å²) < 4.78 is 19.0. The molecule has 0 spiro atoms. The molecule has 0 aliphatic rings. The molecule has 0 aromatic heterocycles. The van der Waals surface area contributed by atoms with E-state index in [-0.39, 0.29) is 5.75 Å². The van der Waals surface area contributed by atoms with Crippen molar-refractivity contribution in [2.75, 3.05) is 7.11 Å². The van der Waals surface area contributed by atoms with Crippen molar-refractivity contribution in [1.82, 2.24) is 10.9 Å². The fraction of sp³-hybridized carbons (Fsp3) is 0.0588. The summed E-state index contributed by atoms with van der Waals surface area (Å²) in [5.74, 6) is -1.41. The fourth-order valence-corrected chi connectivity index (χ4v) is 2.30. The van der Waals surface area contributed by atoms with Gasteiger partial charge in [0.1, 0.15) is 0 Å². The topological polar surface area (TPSA) is 67.4 Å². The number of hydrogen-bond donors (Lipinski definition) is 2. The van der Waals surface area contributed by atoms with Crippen molar-refractivity contribution in [2.24, 2.45) is 0 Å². The number of amides is 2. The number of carbonyl (C=O) groups excluding carboxylic acids is 2. The molecule has 2 rings (SSSR count). The number of carbonyl (C=O) groups is 2. The van der Waals surface area contributed by atoms with Gasteiger partial charge in [-0.1, -0.05) is 18.2 Å². The highest BCUT2D eigenvalue weighted by molar-refractivity contribution is 9.10. The number of methoxy groups -OCH3 is 1. The molecule has 0 aliphatic carbocycles. The Balaban J connectivity index is 1.92. The maximum Gasteiger partial charge on any atom is 0.270 e. The van der Waals surface area contributed by atoms with E-state index in [4.69, 9.17) is 4.74 Å². The van der Waals surface area contributed by atoms with E-state index in [0.717, 1.165) is 0 Å². The number of benzene rings is 2. The first-order valence-corrected chi connectivity index (χ1v) is 7.67. The molecule has 2 N–H and O–H groups in total. The van der Waals surface area contributed by atoms with Gasteiger partial charge in [-0.25, -0.2) is 4.39 Å². The normalized spacial score (nSPS) is 10.5. The molecule has 2 amide bonds. The van der Waals surface area contributed by atoms with E-state index in [2.05, 4.69) is 26.8 Å². The minimum Gasteiger partial charge on any atom is -0.494 e. The van der Waals surface area contributed by atoms with Crippen molar-refractivity contribution < 1.29 is 18.7 Å². The number of halogens is 2. The van der Waals surface area contributed by atoms with Crippen LogP contribution in [-0.2, 0) is 4.79 Å². The van der Waals surface area contributed by atoms with Crippen LogP contribution in [0, 0.1) is 5.82 Å². The first-order valence-electron chi connectivity index (χ1n) is 6.87. The highest BCUT2D eigenvalue weighted by Crippen LogP contribution is 2.18. The van der Waals surface area contributed by atoms with Crippen LogP contribution in [-0.4, -0.2) is 18.9 Å². The predicted octanol–water partition coefficient (Wildman–Crippen LogP) is 3.07. The molecule has 0 unspecified atom stereocenters. The van der Waals surface area contributed by atoms with E-state index in [0.29, 0.717) is 15.6 Å². The zero-order valence-electron chi connectivity index (χ0n) is 12.7. The van der Waals surface area contributed by atoms with E-state index in [1.807, 2.05) is 0 Å². The highest BCUT2D eigenvalue weighted by atomic mass is 79.9. The van der Waals surface area contributed by atoms with Crippen molar-refractivity contribution in [3.8, 4) is 5.75 Å². The van der Waals surface area contributed by atoms with Crippen LogP contribution >= 0.6 is 15.9 Å². The quantitative estimate of drug-likeness (QED) is 0.620. The zero-order chi connectivity index (χ0) is 17.5. The molecule has 0 atom stereocenters. The molecule has 0 bridgehead atoms. The van der Waals surface area contributed by atoms with Crippen LogP contribution in [0.2, 0.25) is 0 Å². The van der Waals surface area contributed by atoms with Crippen molar-refractivity contribution in [2.45, 2.75) is 0 Å². The van der Waals surface area contributed by atoms with E-state index in [1.54, 1.807) is 30.3 Å². The van der Waals surface area contributed by atoms with E-state index >= 15 is 0 Å². The summed E-state index contributed by atoms with van der Waals surface area (Å²) >= 11 is 3.25. The van der Waals surface area contributed by atoms with Crippen molar-refractivity contribution >= 4 is 33.8 Å². The van der Waals surface area contributed by atoms with Crippen molar-refractivity contribution in [3.63, 3.8) is 0 Å². The van der Waals surface area contributed by atoms with Crippen LogP contribution in [0.5, 0.6) is 5.75 Å². The van der Waals surface area contributed by atoms with Crippen LogP contribution < -0.4 is 15.6 Å². The first-order chi connectivity index (χ1) is 11.5. The van der Waals surface area contributed by atoms with Gasteiger partial charge in [-0.2, -0.15) is 0 Å². The fourth-order valence-electron chi connectivity index (χ4n) is 1.83. The summed E-state index contributed by atoms with van der Waals surface area (Å²) in [6, 6.07) is 11.1. The zero-order valence-corrected chi connectivity index (χ0v) is 14.3. The van der Waals surface area contributed by atoms with E-state index in [1.165, 1.54) is 31.4 Å². The Bertz CT molecular complexity index is 793. The highest BCUT2D eigenvalue weighted by Gasteiger charge is 2.09. The van der Waals surface area contributed by atoms with E-state index in [9.17, 15) is 14.0 Å². The lowest BCUT2D eigenvalue weighted by Gasteiger charge is -2.06. The average molecular weight is 393 g/mol. The van der Waals surface area contributed by atoms with Crippen LogP contribution in [0.1, 0.15) is 15.9 Å². The number of hydrogen-bond acceptors (Lipinski definition) is 3. The SMILES string of the molecule is COc1ccc(/C=C/C(=O)NNC(=O)c2ccccc2Br)cc1F. The Labute approximate surface area is 146 Å². The third-order valence-electron chi connectivity index (χ3n) is 3.02. The molecule has 0 saturated heterocycles. The molecule has 0 heterocycles. The Kier molecular flexibility index (Phi) is 6.08. The number of rotatable bonds is 4. The van der Waals surface area contributed by atoms with Gasteiger partial charge in [0, 0.05) is 10.5 Å². The average Bonchev–Trinajstić information content (AvgIpc) is 2.58. The number of ether oxygens (including phenoxy) is 1. The lowest BCUT2D eigenvalue weighted by Crippen LogP contribution is -2.40. The van der Waals surface area contributed by atoms with Crippen LogP contribution in [0.15, 0.2) is 53.0 Å². The van der Waals surface area contributed by atoms with Gasteiger partial charge in [-0.05, 0) is 51.8 Å². The Morgan fingerprint density at radius 1 is 1.17 bits per heavy atom. The second-order valence-electron chi connectivity index (χ2n) is 4.65. The molecule has 2 aromatic rings. The number of nitrogens with one attached hydrogen (secondary N) is 2. The molecule has 0 fully saturated rings. The van der Waals surface area contributed by atoms with E-state index < -0.39 is 17.6 Å². The molecule has 5 nitrogen and oxygen atoms in total. The molecular weight excluding hydrogens is 379 g/mol. The van der Waals surface area contributed by atoms with Gasteiger partial charge in [0.25, 0.3) is 11.8 Å². The lowest BCUT2D eigenvalue weighted by atomic mass is 10.2. The van der Waals surface area contributed by atoms with Gasteiger partial charge < -0.3 is 4.74 Å². The van der Waals surface area contributed by atoms with Gasteiger partial charge in [0.2, 0.25) is 0 Å². The third kappa shape index (κ3) is 4.66. The third-order valence-corrected chi connectivity index (χ3v) is 3.71. The monoisotopic (exact) mass is 392 g/mol. The van der Waals surface area contributed by atoms with Crippen molar-refractivity contribution in [1.29, 1.82) is 0 Å².